The monoisotopic (exact) mass is 288 g/mol. The Hall–Kier alpha value is -2.52. The van der Waals surface area contributed by atoms with Crippen LogP contribution in [0.25, 0.3) is 33.2 Å². The first-order valence-electron chi connectivity index (χ1n) is 7.72. The van der Waals surface area contributed by atoms with Crippen LogP contribution in [0.5, 0.6) is 0 Å². The highest BCUT2D eigenvalue weighted by Gasteiger charge is 2.18. The van der Waals surface area contributed by atoms with Crippen molar-refractivity contribution in [3.8, 4) is 11.3 Å². The molecule has 3 nitrogen and oxygen atoms in total. The number of nitrogens with one attached hydrogen (secondary N) is 2. The van der Waals surface area contributed by atoms with Gasteiger partial charge in [0.1, 0.15) is 11.3 Å². The number of furan rings is 1. The second-order valence-corrected chi connectivity index (χ2v) is 5.89. The van der Waals surface area contributed by atoms with Crippen molar-refractivity contribution in [1.29, 1.82) is 0 Å². The maximum absolute atomic E-state index is 6.09. The molecule has 5 rings (SSSR count). The Labute approximate surface area is 127 Å². The maximum atomic E-state index is 6.09. The third-order valence-corrected chi connectivity index (χ3v) is 4.56. The summed E-state index contributed by atoms with van der Waals surface area (Å²) >= 11 is 0. The quantitative estimate of drug-likeness (QED) is 0.550. The lowest BCUT2D eigenvalue weighted by molar-refractivity contribution is 0.631. The first-order chi connectivity index (χ1) is 10.9. The van der Waals surface area contributed by atoms with Gasteiger partial charge in [0.2, 0.25) is 0 Å². The minimum Gasteiger partial charge on any atom is -0.456 e. The van der Waals surface area contributed by atoms with E-state index in [1.54, 1.807) is 0 Å². The number of benzene rings is 2. The van der Waals surface area contributed by atoms with Gasteiger partial charge in [0.25, 0.3) is 0 Å². The molecule has 0 bridgehead atoms. The van der Waals surface area contributed by atoms with Crippen LogP contribution >= 0.6 is 0 Å². The van der Waals surface area contributed by atoms with Gasteiger partial charge in [-0.25, -0.2) is 0 Å². The van der Waals surface area contributed by atoms with Crippen molar-refractivity contribution < 1.29 is 4.42 Å². The molecule has 0 saturated heterocycles. The molecule has 3 heteroatoms. The lowest BCUT2D eigenvalue weighted by Crippen LogP contribution is -2.22. The fraction of sp³-hybridized carbons (Fsp3) is 0.158. The molecule has 3 heterocycles. The highest BCUT2D eigenvalue weighted by Crippen LogP contribution is 2.36. The summed E-state index contributed by atoms with van der Waals surface area (Å²) in [5.74, 6) is 0.932. The highest BCUT2D eigenvalue weighted by molar-refractivity contribution is 6.08. The van der Waals surface area contributed by atoms with Gasteiger partial charge in [0.15, 0.2) is 0 Å². The molecule has 108 valence electrons. The van der Waals surface area contributed by atoms with E-state index >= 15 is 0 Å². The second kappa shape index (κ2) is 4.49. The van der Waals surface area contributed by atoms with Crippen molar-refractivity contribution >= 4 is 21.9 Å². The molecule has 2 N–H and O–H groups in total. The molecule has 0 saturated carbocycles. The molecular weight excluding hydrogens is 272 g/mol. The van der Waals surface area contributed by atoms with Gasteiger partial charge in [0.05, 0.1) is 0 Å². The Balaban J connectivity index is 1.81. The molecule has 22 heavy (non-hydrogen) atoms. The Kier molecular flexibility index (Phi) is 2.46. The summed E-state index contributed by atoms with van der Waals surface area (Å²) in [6, 6.07) is 16.7. The molecule has 4 aromatic rings. The van der Waals surface area contributed by atoms with E-state index in [1.165, 1.54) is 27.5 Å². The molecular formula is C19H16N2O. The highest BCUT2D eigenvalue weighted by atomic mass is 16.3. The largest absolute Gasteiger partial charge is 0.456 e. The van der Waals surface area contributed by atoms with Crippen LogP contribution in [0.1, 0.15) is 11.3 Å². The zero-order valence-electron chi connectivity index (χ0n) is 12.1. The number of aromatic nitrogens is 1. The predicted octanol–water partition coefficient (Wildman–Crippen LogP) is 4.23. The number of hydrogen-bond donors (Lipinski definition) is 2. The molecule has 2 aromatic carbocycles. The van der Waals surface area contributed by atoms with Gasteiger partial charge in [-0.1, -0.05) is 30.3 Å². The van der Waals surface area contributed by atoms with Crippen molar-refractivity contribution in [1.82, 2.24) is 10.3 Å². The molecule has 0 atom stereocenters. The van der Waals surface area contributed by atoms with Gasteiger partial charge in [-0.3, -0.25) is 0 Å². The fourth-order valence-electron chi connectivity index (χ4n) is 3.51. The van der Waals surface area contributed by atoms with Crippen LogP contribution in [0.4, 0.5) is 0 Å². The van der Waals surface area contributed by atoms with Crippen LogP contribution in [0.15, 0.2) is 52.9 Å². The van der Waals surface area contributed by atoms with Crippen molar-refractivity contribution in [2.24, 2.45) is 0 Å². The predicted molar refractivity (Wildman–Crippen MR) is 88.9 cm³/mol. The smallest absolute Gasteiger partial charge is 0.135 e. The number of fused-ring (bicyclic) bond motifs is 5. The van der Waals surface area contributed by atoms with Crippen LogP contribution in [0.2, 0.25) is 0 Å². The lowest BCUT2D eigenvalue weighted by Gasteiger charge is -2.12. The van der Waals surface area contributed by atoms with Gasteiger partial charge in [0, 0.05) is 47.1 Å². The van der Waals surface area contributed by atoms with E-state index in [0.29, 0.717) is 0 Å². The van der Waals surface area contributed by atoms with Crippen LogP contribution in [0.3, 0.4) is 0 Å². The van der Waals surface area contributed by atoms with E-state index < -0.39 is 0 Å². The zero-order valence-corrected chi connectivity index (χ0v) is 12.1. The van der Waals surface area contributed by atoms with Gasteiger partial charge in [-0.05, 0) is 23.8 Å². The molecule has 0 radical (unpaired) electrons. The molecule has 0 fully saturated rings. The first kappa shape index (κ1) is 12.1. The van der Waals surface area contributed by atoms with Gasteiger partial charge < -0.3 is 14.7 Å². The Morgan fingerprint density at radius 2 is 1.91 bits per heavy atom. The van der Waals surface area contributed by atoms with Crippen molar-refractivity contribution in [3.63, 3.8) is 0 Å². The average molecular weight is 288 g/mol. The van der Waals surface area contributed by atoms with Crippen LogP contribution in [-0.4, -0.2) is 11.5 Å². The zero-order chi connectivity index (χ0) is 14.5. The molecule has 2 aromatic heterocycles. The van der Waals surface area contributed by atoms with Crippen LogP contribution in [0, 0.1) is 0 Å². The summed E-state index contributed by atoms with van der Waals surface area (Å²) in [5, 5.41) is 5.99. The number of aromatic amines is 1. The summed E-state index contributed by atoms with van der Waals surface area (Å²) in [5.41, 5.74) is 6.05. The summed E-state index contributed by atoms with van der Waals surface area (Å²) in [7, 11) is 0. The first-order valence-corrected chi connectivity index (χ1v) is 7.72. The van der Waals surface area contributed by atoms with Crippen LogP contribution in [-0.2, 0) is 13.0 Å². The molecule has 1 aliphatic rings. The third kappa shape index (κ3) is 1.66. The van der Waals surface area contributed by atoms with E-state index in [9.17, 15) is 0 Å². The standard InChI is InChI=1S/C19H16N2O/c1-2-4-12(5-3-1)18-10-13-17(22-18)7-6-16-19(13)14-11-20-9-8-15(14)21-16/h1-7,10,20-21H,8-9,11H2. The second-order valence-electron chi connectivity index (χ2n) is 5.89. The van der Waals surface area contributed by atoms with Crippen molar-refractivity contribution in [2.45, 2.75) is 13.0 Å². The van der Waals surface area contributed by atoms with E-state index in [2.05, 4.69) is 40.6 Å². The average Bonchev–Trinajstić information content (AvgIpc) is 3.16. The maximum Gasteiger partial charge on any atom is 0.135 e. The summed E-state index contributed by atoms with van der Waals surface area (Å²) in [6.45, 7) is 1.98. The van der Waals surface area contributed by atoms with E-state index in [1.807, 2.05) is 18.2 Å². The SMILES string of the molecule is c1ccc(-c2cc3c(ccc4[nH]c5c(c43)CNCC5)o2)cc1. The van der Waals surface area contributed by atoms with Gasteiger partial charge in [-0.15, -0.1) is 0 Å². The third-order valence-electron chi connectivity index (χ3n) is 4.56. The number of rotatable bonds is 1. The normalized spacial score (nSPS) is 14.5. The molecule has 1 aliphatic heterocycles. The van der Waals surface area contributed by atoms with Crippen molar-refractivity contribution in [3.05, 3.63) is 59.8 Å². The molecule has 0 amide bonds. The Morgan fingerprint density at radius 1 is 1.00 bits per heavy atom. The molecule has 0 aliphatic carbocycles. The van der Waals surface area contributed by atoms with Gasteiger partial charge >= 0.3 is 0 Å². The number of hydrogen-bond acceptors (Lipinski definition) is 2. The number of H-pyrrole nitrogens is 1. The van der Waals surface area contributed by atoms with E-state index in [-0.39, 0.29) is 0 Å². The summed E-state index contributed by atoms with van der Waals surface area (Å²) < 4.78 is 6.09. The van der Waals surface area contributed by atoms with E-state index in [0.717, 1.165) is 36.4 Å². The summed E-state index contributed by atoms with van der Waals surface area (Å²) in [6.07, 6.45) is 1.06. The molecule has 0 spiro atoms. The summed E-state index contributed by atoms with van der Waals surface area (Å²) in [4.78, 5) is 3.58. The molecule has 0 unspecified atom stereocenters. The topological polar surface area (TPSA) is 41.0 Å². The van der Waals surface area contributed by atoms with Gasteiger partial charge in [-0.2, -0.15) is 0 Å². The van der Waals surface area contributed by atoms with E-state index in [4.69, 9.17) is 4.42 Å². The fourth-order valence-corrected chi connectivity index (χ4v) is 3.51. The Morgan fingerprint density at radius 3 is 2.82 bits per heavy atom. The minimum atomic E-state index is 0.931. The Bertz CT molecular complexity index is 979. The van der Waals surface area contributed by atoms with Crippen molar-refractivity contribution in [2.75, 3.05) is 6.54 Å². The minimum absolute atomic E-state index is 0.931. The van der Waals surface area contributed by atoms with Crippen LogP contribution < -0.4 is 5.32 Å². The lowest BCUT2D eigenvalue weighted by atomic mass is 10.0.